The minimum atomic E-state index is -4.84. The lowest BCUT2D eigenvalue weighted by Crippen LogP contribution is -2.19. The Kier molecular flexibility index (Phi) is 9.50. The normalized spacial score (nSPS) is 11.6. The zero-order valence-electron chi connectivity index (χ0n) is 27.2. The Morgan fingerprint density at radius 2 is 1.28 bits per heavy atom. The number of fused-ring (bicyclic) bond motifs is 2. The maximum atomic E-state index is 13.8. The highest BCUT2D eigenvalue weighted by atomic mass is 32.2. The number of nitrogens with one attached hydrogen (secondary N) is 3. The zero-order chi connectivity index (χ0) is 38.2. The van der Waals surface area contributed by atoms with Gasteiger partial charge in [-0.3, -0.25) is 33.6 Å². The van der Waals surface area contributed by atoms with Crippen LogP contribution in [0.3, 0.4) is 0 Å². The fourth-order valence-corrected chi connectivity index (χ4v) is 6.79. The highest BCUT2D eigenvalue weighted by molar-refractivity contribution is 7.86. The second-order valence-corrected chi connectivity index (χ2v) is 14.5. The van der Waals surface area contributed by atoms with Crippen LogP contribution in [0, 0.1) is 17.0 Å². The van der Waals surface area contributed by atoms with Gasteiger partial charge < -0.3 is 16.0 Å². The summed E-state index contributed by atoms with van der Waals surface area (Å²) in [5.41, 5.74) is -0.649. The molecule has 6 aromatic carbocycles. The van der Waals surface area contributed by atoms with E-state index in [9.17, 15) is 50.4 Å². The Morgan fingerprint density at radius 3 is 1.96 bits per heavy atom. The van der Waals surface area contributed by atoms with Crippen molar-refractivity contribution in [1.29, 1.82) is 0 Å². The van der Waals surface area contributed by atoms with Crippen molar-refractivity contribution < 1.29 is 45.2 Å². The first-order valence-corrected chi connectivity index (χ1v) is 18.2. The van der Waals surface area contributed by atoms with Gasteiger partial charge in [0.2, 0.25) is 0 Å². The lowest BCUT2D eigenvalue weighted by Gasteiger charge is -2.15. The molecule has 0 heterocycles. The van der Waals surface area contributed by atoms with Crippen LogP contribution in [0.1, 0.15) is 36.6 Å². The van der Waals surface area contributed by atoms with E-state index in [0.29, 0.717) is 21.7 Å². The summed E-state index contributed by atoms with van der Waals surface area (Å²) >= 11 is 0. The number of amides is 3. The standard InChI is InChI=1S/C36H26N4O11S2/c1-20-9-10-23(19-31(20)40(44)45)34(41)37-26-16-24(35(42)38-30-8-4-6-22-18-27(52(46,47)48)12-13-28(22)30)15-25(17-26)36(43)39-33-29-7-3-2-5-21(29)11-14-32(33)53(49,50)51/h2-19H,1H3,(H,37,41)(H,38,42)(H,39,43)(H,46,47,48)(H,49,50,51). The molecule has 0 spiro atoms. The molecule has 15 nitrogen and oxygen atoms in total. The summed E-state index contributed by atoms with van der Waals surface area (Å²) in [6, 6.07) is 24.8. The highest BCUT2D eigenvalue weighted by Crippen LogP contribution is 2.32. The van der Waals surface area contributed by atoms with Crippen molar-refractivity contribution in [3.05, 3.63) is 142 Å². The molecule has 6 rings (SSSR count). The third-order valence-corrected chi connectivity index (χ3v) is 9.93. The SMILES string of the molecule is Cc1ccc(C(=O)Nc2cc(C(=O)Nc3cccc4cc(S(=O)(=O)O)ccc34)cc(C(=O)Nc3c(S(=O)(=O)O)ccc4ccccc34)c2)cc1[N+](=O)[O-]. The maximum absolute atomic E-state index is 13.8. The Morgan fingerprint density at radius 1 is 0.623 bits per heavy atom. The number of rotatable bonds is 9. The van der Waals surface area contributed by atoms with Gasteiger partial charge in [0.05, 0.1) is 15.5 Å². The Hall–Kier alpha value is -6.53. The first-order chi connectivity index (χ1) is 25.0. The Balaban J connectivity index is 1.41. The lowest BCUT2D eigenvalue weighted by atomic mass is 10.0. The fraction of sp³-hybridized carbons (Fsp3) is 0.0278. The zero-order valence-corrected chi connectivity index (χ0v) is 28.9. The van der Waals surface area contributed by atoms with Gasteiger partial charge >= 0.3 is 0 Å². The number of nitro groups is 1. The number of anilines is 3. The van der Waals surface area contributed by atoms with Gasteiger partial charge in [-0.05, 0) is 66.2 Å². The summed E-state index contributed by atoms with van der Waals surface area (Å²) in [7, 11) is -9.35. The van der Waals surface area contributed by atoms with Crippen LogP contribution in [-0.2, 0) is 20.2 Å². The van der Waals surface area contributed by atoms with E-state index in [4.69, 9.17) is 0 Å². The van der Waals surface area contributed by atoms with E-state index < -0.39 is 47.8 Å². The molecule has 17 heteroatoms. The van der Waals surface area contributed by atoms with Gasteiger partial charge in [0.15, 0.2) is 0 Å². The van der Waals surface area contributed by atoms with E-state index in [-0.39, 0.29) is 49.7 Å². The molecule has 5 N–H and O–H groups in total. The summed E-state index contributed by atoms with van der Waals surface area (Å²) in [4.78, 5) is 50.8. The van der Waals surface area contributed by atoms with E-state index in [1.165, 1.54) is 67.6 Å². The smallest absolute Gasteiger partial charge is 0.296 e. The van der Waals surface area contributed by atoms with E-state index >= 15 is 0 Å². The fourth-order valence-electron chi connectivity index (χ4n) is 5.62. The molecule has 0 fully saturated rings. The quantitative estimate of drug-likeness (QED) is 0.0610. The Labute approximate surface area is 300 Å². The van der Waals surface area contributed by atoms with Crippen molar-refractivity contribution in [3.8, 4) is 0 Å². The third kappa shape index (κ3) is 7.72. The monoisotopic (exact) mass is 754 g/mol. The van der Waals surface area contributed by atoms with Gasteiger partial charge in [-0.1, -0.05) is 54.6 Å². The minimum absolute atomic E-state index is 0.0975. The van der Waals surface area contributed by atoms with E-state index in [0.717, 1.165) is 24.3 Å². The molecule has 0 saturated carbocycles. The molecule has 268 valence electrons. The van der Waals surface area contributed by atoms with E-state index in [2.05, 4.69) is 16.0 Å². The van der Waals surface area contributed by atoms with Crippen molar-refractivity contribution in [2.75, 3.05) is 16.0 Å². The van der Waals surface area contributed by atoms with Crippen LogP contribution in [0.15, 0.2) is 119 Å². The van der Waals surface area contributed by atoms with E-state index in [1.807, 2.05) is 0 Å². The second kappa shape index (κ2) is 13.9. The number of aryl methyl sites for hydroxylation is 1. The number of benzene rings is 6. The predicted octanol–water partition coefficient (Wildman–Crippen LogP) is 6.46. The minimum Gasteiger partial charge on any atom is -0.322 e. The van der Waals surface area contributed by atoms with Crippen molar-refractivity contribution >= 4 is 82.3 Å². The summed E-state index contributed by atoms with van der Waals surface area (Å²) in [5, 5.41) is 20.8. The molecule has 0 unspecified atom stereocenters. The topological polar surface area (TPSA) is 239 Å². The molecule has 3 amide bonds. The number of hydrogen-bond acceptors (Lipinski definition) is 9. The average Bonchev–Trinajstić information content (AvgIpc) is 3.10. The number of nitro benzene ring substituents is 1. The largest absolute Gasteiger partial charge is 0.322 e. The molecule has 0 aromatic heterocycles. The molecule has 0 aliphatic heterocycles. The van der Waals surface area contributed by atoms with Gasteiger partial charge in [-0.2, -0.15) is 16.8 Å². The van der Waals surface area contributed by atoms with Crippen LogP contribution >= 0.6 is 0 Å². The predicted molar refractivity (Wildman–Crippen MR) is 196 cm³/mol. The van der Waals surface area contributed by atoms with Crippen LogP contribution in [0.25, 0.3) is 21.5 Å². The van der Waals surface area contributed by atoms with Crippen LogP contribution in [0.4, 0.5) is 22.7 Å². The first kappa shape index (κ1) is 36.3. The summed E-state index contributed by atoms with van der Waals surface area (Å²) in [6.07, 6.45) is 0. The lowest BCUT2D eigenvalue weighted by molar-refractivity contribution is -0.385. The van der Waals surface area contributed by atoms with Crippen LogP contribution in [0.5, 0.6) is 0 Å². The van der Waals surface area contributed by atoms with Crippen LogP contribution in [0.2, 0.25) is 0 Å². The van der Waals surface area contributed by atoms with Crippen molar-refractivity contribution in [3.63, 3.8) is 0 Å². The first-order valence-electron chi connectivity index (χ1n) is 15.3. The molecular weight excluding hydrogens is 729 g/mol. The van der Waals surface area contributed by atoms with Crippen molar-refractivity contribution in [2.24, 2.45) is 0 Å². The molecule has 6 aromatic rings. The maximum Gasteiger partial charge on any atom is 0.296 e. The van der Waals surface area contributed by atoms with Gasteiger partial charge in [0.1, 0.15) is 4.90 Å². The highest BCUT2D eigenvalue weighted by Gasteiger charge is 2.23. The molecule has 0 radical (unpaired) electrons. The molecular formula is C36H26N4O11S2. The third-order valence-electron chi connectivity index (χ3n) is 8.19. The van der Waals surface area contributed by atoms with Gasteiger partial charge in [0, 0.05) is 50.5 Å². The summed E-state index contributed by atoms with van der Waals surface area (Å²) in [5.74, 6) is -2.55. The summed E-state index contributed by atoms with van der Waals surface area (Å²) < 4.78 is 67.4. The van der Waals surface area contributed by atoms with Crippen molar-refractivity contribution in [2.45, 2.75) is 16.7 Å². The molecule has 0 bridgehead atoms. The second-order valence-electron chi connectivity index (χ2n) is 11.7. The molecule has 0 aliphatic carbocycles. The van der Waals surface area contributed by atoms with Crippen LogP contribution in [-0.4, -0.2) is 48.6 Å². The molecule has 0 atom stereocenters. The van der Waals surface area contributed by atoms with Gasteiger partial charge in [-0.15, -0.1) is 0 Å². The van der Waals surface area contributed by atoms with Gasteiger partial charge in [-0.25, -0.2) is 0 Å². The number of hydrogen-bond donors (Lipinski definition) is 5. The summed E-state index contributed by atoms with van der Waals surface area (Å²) in [6.45, 7) is 1.50. The van der Waals surface area contributed by atoms with Crippen LogP contribution < -0.4 is 16.0 Å². The number of carbonyl (C=O) groups excluding carboxylic acids is 3. The molecule has 0 saturated heterocycles. The van der Waals surface area contributed by atoms with Crippen molar-refractivity contribution in [1.82, 2.24) is 0 Å². The number of carbonyl (C=O) groups is 3. The average molecular weight is 755 g/mol. The molecule has 53 heavy (non-hydrogen) atoms. The van der Waals surface area contributed by atoms with E-state index in [1.54, 1.807) is 24.3 Å². The van der Waals surface area contributed by atoms with Gasteiger partial charge in [0.25, 0.3) is 43.6 Å². The number of nitrogens with zero attached hydrogens (tertiary/aromatic N) is 1. The molecule has 0 aliphatic rings. The Bertz CT molecular complexity index is 2770.